The van der Waals surface area contributed by atoms with E-state index in [9.17, 15) is 9.59 Å². The van der Waals surface area contributed by atoms with Crippen LogP contribution < -0.4 is 20.3 Å². The number of carbonyl (C=O) groups is 2. The third kappa shape index (κ3) is 5.91. The van der Waals surface area contributed by atoms with E-state index in [1.54, 1.807) is 24.3 Å². The van der Waals surface area contributed by atoms with Crippen LogP contribution in [0.5, 0.6) is 5.75 Å². The van der Waals surface area contributed by atoms with Crippen LogP contribution in [0.2, 0.25) is 0 Å². The Balaban J connectivity index is 1.52. The molecule has 172 valence electrons. The molecule has 3 aromatic rings. The summed E-state index contributed by atoms with van der Waals surface area (Å²) in [6.45, 7) is 5.29. The molecule has 0 aliphatic carbocycles. The molecule has 0 saturated carbocycles. The second kappa shape index (κ2) is 11.0. The number of thiophene rings is 1. The van der Waals surface area contributed by atoms with Crippen LogP contribution in [0.1, 0.15) is 16.6 Å². The Labute approximate surface area is 197 Å². The molecular formula is C25H27N3O4S. The zero-order valence-electron chi connectivity index (χ0n) is 18.5. The maximum absolute atomic E-state index is 13.1. The third-order valence-corrected chi connectivity index (χ3v) is 6.35. The zero-order chi connectivity index (χ0) is 23.0. The van der Waals surface area contributed by atoms with Crippen molar-refractivity contribution in [3.8, 4) is 16.9 Å². The van der Waals surface area contributed by atoms with Crippen molar-refractivity contribution >= 4 is 33.8 Å². The molecule has 0 bridgehead atoms. The molecule has 2 heterocycles. The van der Waals surface area contributed by atoms with Gasteiger partial charge < -0.3 is 25.0 Å². The second-order valence-corrected chi connectivity index (χ2v) is 8.55. The van der Waals surface area contributed by atoms with Gasteiger partial charge in [0.1, 0.15) is 5.75 Å². The highest BCUT2D eigenvalue weighted by atomic mass is 32.1. The van der Waals surface area contributed by atoms with Gasteiger partial charge >= 0.3 is 0 Å². The van der Waals surface area contributed by atoms with E-state index >= 15 is 0 Å². The van der Waals surface area contributed by atoms with Gasteiger partial charge in [-0.3, -0.25) is 9.59 Å². The molecule has 8 heteroatoms. The smallest absolute Gasteiger partial charge is 0.265 e. The summed E-state index contributed by atoms with van der Waals surface area (Å²) in [5.74, 6) is 0.149. The van der Waals surface area contributed by atoms with E-state index < -0.39 is 0 Å². The quantitative estimate of drug-likeness (QED) is 0.525. The van der Waals surface area contributed by atoms with Crippen molar-refractivity contribution in [1.29, 1.82) is 0 Å². The van der Waals surface area contributed by atoms with Gasteiger partial charge in [0.2, 0.25) is 0 Å². The summed E-state index contributed by atoms with van der Waals surface area (Å²) in [4.78, 5) is 27.6. The van der Waals surface area contributed by atoms with Gasteiger partial charge in [-0.2, -0.15) is 0 Å². The van der Waals surface area contributed by atoms with Gasteiger partial charge in [0.05, 0.1) is 23.1 Å². The minimum Gasteiger partial charge on any atom is -0.484 e. The van der Waals surface area contributed by atoms with Gasteiger partial charge in [-0.1, -0.05) is 36.4 Å². The number of ether oxygens (including phenoxy) is 2. The van der Waals surface area contributed by atoms with Crippen molar-refractivity contribution in [1.82, 2.24) is 5.32 Å². The Kier molecular flexibility index (Phi) is 7.59. The SMILES string of the molecule is CCNC(=O)COc1cccc(NC(=O)c2cc(-c3ccccc3)c(N3CCOCC3)s2)c1. The summed E-state index contributed by atoms with van der Waals surface area (Å²) in [6.07, 6.45) is 0. The number of benzene rings is 2. The lowest BCUT2D eigenvalue weighted by Crippen LogP contribution is -2.35. The number of carbonyl (C=O) groups excluding carboxylic acids is 2. The summed E-state index contributed by atoms with van der Waals surface area (Å²) in [7, 11) is 0. The molecule has 1 saturated heterocycles. The van der Waals surface area contributed by atoms with Crippen LogP contribution in [0.25, 0.3) is 11.1 Å². The largest absolute Gasteiger partial charge is 0.484 e. The Bertz CT molecular complexity index is 1090. The highest BCUT2D eigenvalue weighted by Crippen LogP contribution is 2.39. The number of amides is 2. The number of hydrogen-bond donors (Lipinski definition) is 2. The standard InChI is InChI=1S/C25H27N3O4S/c1-2-26-23(29)17-32-20-10-6-9-19(15-20)27-24(30)22-16-21(18-7-4-3-5-8-18)25(33-22)28-11-13-31-14-12-28/h3-10,15-16H,2,11-14,17H2,1H3,(H,26,29)(H,27,30). The summed E-state index contributed by atoms with van der Waals surface area (Å²) in [5, 5.41) is 6.72. The third-order valence-electron chi connectivity index (χ3n) is 5.16. The van der Waals surface area contributed by atoms with E-state index in [0.717, 1.165) is 29.2 Å². The van der Waals surface area contributed by atoms with Gasteiger partial charge in [0.25, 0.3) is 11.8 Å². The lowest BCUT2D eigenvalue weighted by molar-refractivity contribution is -0.122. The van der Waals surface area contributed by atoms with Crippen molar-refractivity contribution < 1.29 is 19.1 Å². The van der Waals surface area contributed by atoms with Crippen LogP contribution in [0.3, 0.4) is 0 Å². The Morgan fingerprint density at radius 2 is 1.85 bits per heavy atom. The summed E-state index contributed by atoms with van der Waals surface area (Å²) in [5.41, 5.74) is 2.73. The maximum Gasteiger partial charge on any atom is 0.265 e. The van der Waals surface area contributed by atoms with Crippen molar-refractivity contribution in [2.45, 2.75) is 6.92 Å². The molecule has 2 aromatic carbocycles. The first-order valence-corrected chi connectivity index (χ1v) is 11.8. The van der Waals surface area contributed by atoms with E-state index in [0.29, 0.717) is 36.1 Å². The Hall–Kier alpha value is -3.36. The van der Waals surface area contributed by atoms with Gasteiger partial charge in [-0.25, -0.2) is 0 Å². The van der Waals surface area contributed by atoms with Crippen LogP contribution in [0.4, 0.5) is 10.7 Å². The van der Waals surface area contributed by atoms with Gasteiger partial charge in [0, 0.05) is 37.0 Å². The molecule has 0 spiro atoms. The minimum absolute atomic E-state index is 0.0699. The molecule has 1 fully saturated rings. The van der Waals surface area contributed by atoms with Crippen molar-refractivity contribution in [3.63, 3.8) is 0 Å². The van der Waals surface area contributed by atoms with E-state index in [-0.39, 0.29) is 18.4 Å². The van der Waals surface area contributed by atoms with E-state index in [4.69, 9.17) is 9.47 Å². The van der Waals surface area contributed by atoms with Crippen molar-refractivity contribution in [3.05, 3.63) is 65.5 Å². The van der Waals surface area contributed by atoms with Crippen LogP contribution in [-0.2, 0) is 9.53 Å². The predicted octanol–water partition coefficient (Wildman–Crippen LogP) is 4.02. The topological polar surface area (TPSA) is 79.9 Å². The van der Waals surface area contributed by atoms with Gasteiger partial charge in [0.15, 0.2) is 6.61 Å². The van der Waals surface area contributed by atoms with Crippen molar-refractivity contribution in [2.24, 2.45) is 0 Å². The molecule has 7 nitrogen and oxygen atoms in total. The van der Waals surface area contributed by atoms with Crippen LogP contribution in [-0.4, -0.2) is 51.3 Å². The minimum atomic E-state index is -0.186. The predicted molar refractivity (Wildman–Crippen MR) is 131 cm³/mol. The summed E-state index contributed by atoms with van der Waals surface area (Å²) in [6, 6.07) is 19.1. The first-order valence-electron chi connectivity index (χ1n) is 11.0. The highest BCUT2D eigenvalue weighted by Gasteiger charge is 2.22. The molecule has 2 N–H and O–H groups in total. The fourth-order valence-electron chi connectivity index (χ4n) is 3.57. The molecule has 2 amide bonds. The summed E-state index contributed by atoms with van der Waals surface area (Å²) >= 11 is 1.49. The van der Waals surface area contributed by atoms with Crippen molar-refractivity contribution in [2.75, 3.05) is 49.7 Å². The lowest BCUT2D eigenvalue weighted by Gasteiger charge is -2.28. The fraction of sp³-hybridized carbons (Fsp3) is 0.280. The zero-order valence-corrected chi connectivity index (χ0v) is 19.3. The first-order chi connectivity index (χ1) is 16.1. The number of likely N-dealkylation sites (N-methyl/N-ethyl adjacent to an activating group) is 1. The molecule has 4 rings (SSSR count). The highest BCUT2D eigenvalue weighted by molar-refractivity contribution is 7.18. The number of rotatable bonds is 8. The average Bonchev–Trinajstić information content (AvgIpc) is 3.30. The Morgan fingerprint density at radius 1 is 1.06 bits per heavy atom. The van der Waals surface area contributed by atoms with E-state index in [2.05, 4.69) is 27.7 Å². The lowest BCUT2D eigenvalue weighted by atomic mass is 10.1. The Morgan fingerprint density at radius 3 is 2.61 bits per heavy atom. The molecule has 0 atom stereocenters. The van der Waals surface area contributed by atoms with Gasteiger partial charge in [-0.15, -0.1) is 11.3 Å². The number of hydrogen-bond acceptors (Lipinski definition) is 6. The molecule has 0 unspecified atom stereocenters. The number of nitrogens with zero attached hydrogens (tertiary/aromatic N) is 1. The van der Waals surface area contributed by atoms with Crippen LogP contribution in [0.15, 0.2) is 60.7 Å². The van der Waals surface area contributed by atoms with E-state index in [1.165, 1.54) is 11.3 Å². The van der Waals surface area contributed by atoms with Crippen LogP contribution >= 0.6 is 11.3 Å². The van der Waals surface area contributed by atoms with Crippen LogP contribution in [0, 0.1) is 0 Å². The maximum atomic E-state index is 13.1. The molecular weight excluding hydrogens is 438 g/mol. The van der Waals surface area contributed by atoms with E-state index in [1.807, 2.05) is 31.2 Å². The fourth-order valence-corrected chi connectivity index (χ4v) is 4.70. The normalized spacial score (nSPS) is 13.4. The number of nitrogens with one attached hydrogen (secondary N) is 2. The average molecular weight is 466 g/mol. The molecule has 1 aliphatic rings. The first kappa shape index (κ1) is 22.8. The number of anilines is 2. The molecule has 0 radical (unpaired) electrons. The monoisotopic (exact) mass is 465 g/mol. The van der Waals surface area contributed by atoms with Gasteiger partial charge in [-0.05, 0) is 30.7 Å². The second-order valence-electron chi connectivity index (χ2n) is 7.52. The molecule has 1 aliphatic heterocycles. The summed E-state index contributed by atoms with van der Waals surface area (Å²) < 4.78 is 11.0. The number of morpholine rings is 1. The molecule has 33 heavy (non-hydrogen) atoms. The molecule has 1 aromatic heterocycles.